The lowest BCUT2D eigenvalue weighted by Gasteiger charge is -1.92. The van der Waals surface area contributed by atoms with Gasteiger partial charge in [0.2, 0.25) is 0 Å². The maximum Gasteiger partial charge on any atom is 0.308 e. The first-order valence-electron chi connectivity index (χ1n) is 2.93. The number of rotatable bonds is 2. The number of esters is 1. The molecule has 2 atom stereocenters. The molecule has 0 heterocycles. The van der Waals surface area contributed by atoms with Crippen LogP contribution in [0.5, 0.6) is 0 Å². The minimum Gasteiger partial charge on any atom is -0.469 e. The van der Waals surface area contributed by atoms with Crippen molar-refractivity contribution in [1.82, 2.24) is 0 Å². The van der Waals surface area contributed by atoms with Crippen molar-refractivity contribution < 1.29 is 9.53 Å². The van der Waals surface area contributed by atoms with Crippen LogP contribution in [0.3, 0.4) is 0 Å². The lowest BCUT2D eigenvalue weighted by atomic mass is 10.3. The van der Waals surface area contributed by atoms with E-state index in [0.29, 0.717) is 5.92 Å². The normalized spacial score (nSPS) is 31.8. The number of hydrogen-bond acceptors (Lipinski definition) is 2. The molecular weight excluding hydrogens is 184 g/mol. The molecule has 9 heavy (non-hydrogen) atoms. The standard InChI is InChI=1S/C6H9BrO2/c1-9-6(8)5-2-4(5)3-7/h4-5H,2-3H2,1H3/t4-,5+/m1/s1. The molecule has 1 rings (SSSR count). The first-order chi connectivity index (χ1) is 4.29. The van der Waals surface area contributed by atoms with Crippen molar-refractivity contribution in [3.05, 3.63) is 0 Å². The lowest BCUT2D eigenvalue weighted by Crippen LogP contribution is -2.04. The van der Waals surface area contributed by atoms with Crippen LogP contribution in [0.25, 0.3) is 0 Å². The van der Waals surface area contributed by atoms with Crippen LogP contribution < -0.4 is 0 Å². The zero-order chi connectivity index (χ0) is 6.85. The van der Waals surface area contributed by atoms with Gasteiger partial charge in [0.05, 0.1) is 13.0 Å². The van der Waals surface area contributed by atoms with Gasteiger partial charge in [0.15, 0.2) is 0 Å². The highest BCUT2D eigenvalue weighted by Crippen LogP contribution is 2.40. The first-order valence-corrected chi connectivity index (χ1v) is 4.05. The molecule has 0 amide bonds. The molecule has 0 bridgehead atoms. The van der Waals surface area contributed by atoms with E-state index >= 15 is 0 Å². The third-order valence-corrected chi connectivity index (χ3v) is 2.46. The molecule has 1 aliphatic rings. The third-order valence-electron chi connectivity index (χ3n) is 1.62. The quantitative estimate of drug-likeness (QED) is 0.486. The molecule has 0 unspecified atom stereocenters. The molecule has 52 valence electrons. The minimum atomic E-state index is -0.0561. The van der Waals surface area contributed by atoms with Crippen molar-refractivity contribution >= 4 is 21.9 Å². The Balaban J connectivity index is 2.25. The Bertz CT molecular complexity index is 124. The van der Waals surface area contributed by atoms with E-state index in [2.05, 4.69) is 20.7 Å². The first kappa shape index (κ1) is 7.06. The summed E-state index contributed by atoms with van der Waals surface area (Å²) in [6.07, 6.45) is 0.998. The fraction of sp³-hybridized carbons (Fsp3) is 0.833. The highest BCUT2D eigenvalue weighted by atomic mass is 79.9. The molecule has 0 aromatic rings. The van der Waals surface area contributed by atoms with Crippen molar-refractivity contribution in [2.24, 2.45) is 11.8 Å². The van der Waals surface area contributed by atoms with Gasteiger partial charge in [-0.3, -0.25) is 4.79 Å². The van der Waals surface area contributed by atoms with Gasteiger partial charge in [0.1, 0.15) is 0 Å². The Labute approximate surface area is 62.7 Å². The van der Waals surface area contributed by atoms with E-state index in [1.54, 1.807) is 0 Å². The van der Waals surface area contributed by atoms with Crippen molar-refractivity contribution in [1.29, 1.82) is 0 Å². The second-order valence-corrected chi connectivity index (χ2v) is 2.93. The van der Waals surface area contributed by atoms with Crippen molar-refractivity contribution in [3.8, 4) is 0 Å². The van der Waals surface area contributed by atoms with Crippen LogP contribution in [0.1, 0.15) is 6.42 Å². The topological polar surface area (TPSA) is 26.3 Å². The molecule has 0 N–H and O–H groups in total. The number of halogens is 1. The van der Waals surface area contributed by atoms with Gasteiger partial charge in [-0.1, -0.05) is 15.9 Å². The number of carbonyl (C=O) groups is 1. The predicted molar refractivity (Wildman–Crippen MR) is 37.4 cm³/mol. The predicted octanol–water partition coefficient (Wildman–Crippen LogP) is 1.19. The Kier molecular flexibility index (Phi) is 2.11. The molecule has 0 aromatic carbocycles. The zero-order valence-corrected chi connectivity index (χ0v) is 6.85. The summed E-state index contributed by atoms with van der Waals surface area (Å²) < 4.78 is 4.55. The third kappa shape index (κ3) is 1.45. The second-order valence-electron chi connectivity index (χ2n) is 2.28. The monoisotopic (exact) mass is 192 g/mol. The van der Waals surface area contributed by atoms with E-state index in [0.717, 1.165) is 11.8 Å². The molecule has 1 saturated carbocycles. The summed E-state index contributed by atoms with van der Waals surface area (Å²) in [5, 5.41) is 0.923. The molecule has 1 fully saturated rings. The average Bonchev–Trinajstić information content (AvgIpc) is 2.64. The van der Waals surface area contributed by atoms with Gasteiger partial charge in [-0.25, -0.2) is 0 Å². The van der Waals surface area contributed by atoms with Crippen molar-refractivity contribution in [2.45, 2.75) is 6.42 Å². The smallest absolute Gasteiger partial charge is 0.308 e. The SMILES string of the molecule is COC(=O)[C@H]1C[C@@H]1CBr. The van der Waals surface area contributed by atoms with Crippen LogP contribution in [-0.2, 0) is 9.53 Å². The molecule has 0 spiro atoms. The molecule has 1 aliphatic carbocycles. The Hall–Kier alpha value is -0.0500. The molecular formula is C6H9BrO2. The van der Waals surface area contributed by atoms with Gasteiger partial charge in [0.25, 0.3) is 0 Å². The summed E-state index contributed by atoms with van der Waals surface area (Å²) in [5.74, 6) is 0.672. The van der Waals surface area contributed by atoms with Gasteiger partial charge in [-0.05, 0) is 12.3 Å². The summed E-state index contributed by atoms with van der Waals surface area (Å²) in [7, 11) is 1.44. The summed E-state index contributed by atoms with van der Waals surface area (Å²) in [6, 6.07) is 0. The molecule has 0 radical (unpaired) electrons. The van der Waals surface area contributed by atoms with E-state index in [9.17, 15) is 4.79 Å². The van der Waals surface area contributed by atoms with E-state index in [1.165, 1.54) is 7.11 Å². The van der Waals surface area contributed by atoms with Crippen molar-refractivity contribution in [2.75, 3.05) is 12.4 Å². The van der Waals surface area contributed by atoms with Crippen LogP contribution >= 0.6 is 15.9 Å². The van der Waals surface area contributed by atoms with Gasteiger partial charge >= 0.3 is 5.97 Å². The van der Waals surface area contributed by atoms with E-state index < -0.39 is 0 Å². The van der Waals surface area contributed by atoms with E-state index in [-0.39, 0.29) is 11.9 Å². The maximum absolute atomic E-state index is 10.7. The Morgan fingerprint density at radius 3 is 2.89 bits per heavy atom. The maximum atomic E-state index is 10.7. The summed E-state index contributed by atoms with van der Waals surface area (Å²) in [6.45, 7) is 0. The van der Waals surface area contributed by atoms with Gasteiger partial charge in [-0.2, -0.15) is 0 Å². The fourth-order valence-electron chi connectivity index (χ4n) is 0.858. The number of carbonyl (C=O) groups excluding carboxylic acids is 1. The average molecular weight is 193 g/mol. The lowest BCUT2D eigenvalue weighted by molar-refractivity contribution is -0.142. The highest BCUT2D eigenvalue weighted by Gasteiger charge is 2.42. The Morgan fingerprint density at radius 2 is 2.56 bits per heavy atom. The van der Waals surface area contributed by atoms with Crippen LogP contribution in [0.2, 0.25) is 0 Å². The summed E-state index contributed by atoms with van der Waals surface area (Å²) >= 11 is 3.31. The van der Waals surface area contributed by atoms with Gasteiger partial charge < -0.3 is 4.74 Å². The molecule has 2 nitrogen and oxygen atoms in total. The largest absolute Gasteiger partial charge is 0.469 e. The Morgan fingerprint density at radius 1 is 1.89 bits per heavy atom. The van der Waals surface area contributed by atoms with Crippen LogP contribution in [0, 0.1) is 11.8 Å². The van der Waals surface area contributed by atoms with E-state index in [1.807, 2.05) is 0 Å². The zero-order valence-electron chi connectivity index (χ0n) is 5.26. The molecule has 0 aliphatic heterocycles. The van der Waals surface area contributed by atoms with E-state index in [4.69, 9.17) is 0 Å². The molecule has 3 heteroatoms. The second kappa shape index (κ2) is 2.69. The van der Waals surface area contributed by atoms with Crippen LogP contribution in [0.4, 0.5) is 0 Å². The fourth-order valence-corrected chi connectivity index (χ4v) is 1.57. The minimum absolute atomic E-state index is 0.0561. The molecule has 0 saturated heterocycles. The molecule has 0 aromatic heterocycles. The summed E-state index contributed by atoms with van der Waals surface area (Å²) in [4.78, 5) is 10.7. The summed E-state index contributed by atoms with van der Waals surface area (Å²) in [5.41, 5.74) is 0. The number of hydrogen-bond donors (Lipinski definition) is 0. The number of ether oxygens (including phenoxy) is 1. The van der Waals surface area contributed by atoms with Gasteiger partial charge in [-0.15, -0.1) is 0 Å². The van der Waals surface area contributed by atoms with Crippen molar-refractivity contribution in [3.63, 3.8) is 0 Å². The van der Waals surface area contributed by atoms with Crippen LogP contribution in [0.15, 0.2) is 0 Å². The van der Waals surface area contributed by atoms with Gasteiger partial charge in [0, 0.05) is 5.33 Å². The number of methoxy groups -OCH3 is 1. The highest BCUT2D eigenvalue weighted by molar-refractivity contribution is 9.09. The van der Waals surface area contributed by atoms with Crippen LogP contribution in [-0.4, -0.2) is 18.4 Å². The number of alkyl halides is 1.